The molecule has 1 N–H and O–H groups in total. The quantitative estimate of drug-likeness (QED) is 0.622. The van der Waals surface area contributed by atoms with E-state index in [0.29, 0.717) is 19.6 Å². The lowest BCUT2D eigenvalue weighted by Gasteiger charge is -2.13. The van der Waals surface area contributed by atoms with E-state index < -0.39 is 6.04 Å². The van der Waals surface area contributed by atoms with Crippen LogP contribution in [0.2, 0.25) is 0 Å². The maximum atomic E-state index is 12.4. The highest BCUT2D eigenvalue weighted by Gasteiger charge is 2.38. The van der Waals surface area contributed by atoms with Crippen molar-refractivity contribution in [1.29, 1.82) is 0 Å². The average Bonchev–Trinajstić information content (AvgIpc) is 2.94. The SMILES string of the molecule is COc1ccc(OCCCN2C(=O)NC(c3ccccc3)C2=O)cc1. The molecular formula is C19H20N2O4. The predicted octanol–water partition coefficient (Wildman–Crippen LogP) is 2.76. The summed E-state index contributed by atoms with van der Waals surface area (Å²) < 4.78 is 10.7. The first-order chi connectivity index (χ1) is 12.2. The molecule has 0 saturated carbocycles. The molecule has 0 aliphatic carbocycles. The normalized spacial score (nSPS) is 16.7. The first-order valence-corrected chi connectivity index (χ1v) is 8.12. The van der Waals surface area contributed by atoms with E-state index in [9.17, 15) is 9.59 Å². The number of benzene rings is 2. The number of urea groups is 1. The maximum absolute atomic E-state index is 12.4. The van der Waals surface area contributed by atoms with Gasteiger partial charge in [-0.15, -0.1) is 0 Å². The highest BCUT2D eigenvalue weighted by molar-refractivity contribution is 6.04. The van der Waals surface area contributed by atoms with Gasteiger partial charge in [-0.1, -0.05) is 30.3 Å². The topological polar surface area (TPSA) is 67.9 Å². The molecule has 1 atom stereocenters. The van der Waals surface area contributed by atoms with E-state index in [1.54, 1.807) is 7.11 Å². The van der Waals surface area contributed by atoms with Crippen LogP contribution in [0.5, 0.6) is 11.5 Å². The number of imide groups is 1. The predicted molar refractivity (Wildman–Crippen MR) is 92.5 cm³/mol. The molecule has 0 spiro atoms. The monoisotopic (exact) mass is 340 g/mol. The maximum Gasteiger partial charge on any atom is 0.325 e. The highest BCUT2D eigenvalue weighted by atomic mass is 16.5. The van der Waals surface area contributed by atoms with Crippen LogP contribution < -0.4 is 14.8 Å². The van der Waals surface area contributed by atoms with Crippen LogP contribution in [0.25, 0.3) is 0 Å². The van der Waals surface area contributed by atoms with Gasteiger partial charge in [-0.2, -0.15) is 0 Å². The summed E-state index contributed by atoms with van der Waals surface area (Å²) in [6, 6.07) is 15.5. The van der Waals surface area contributed by atoms with Crippen molar-refractivity contribution in [3.05, 3.63) is 60.2 Å². The third-order valence-corrected chi connectivity index (χ3v) is 4.01. The Bertz CT molecular complexity index is 731. The highest BCUT2D eigenvalue weighted by Crippen LogP contribution is 2.22. The van der Waals surface area contributed by atoms with Crippen LogP contribution in [0.4, 0.5) is 4.79 Å². The van der Waals surface area contributed by atoms with Crippen molar-refractivity contribution in [2.24, 2.45) is 0 Å². The van der Waals surface area contributed by atoms with Crippen molar-refractivity contribution >= 4 is 11.9 Å². The lowest BCUT2D eigenvalue weighted by molar-refractivity contribution is -0.127. The number of carbonyl (C=O) groups excluding carboxylic acids is 2. The average molecular weight is 340 g/mol. The Hall–Kier alpha value is -3.02. The number of nitrogens with zero attached hydrogens (tertiary/aromatic N) is 1. The molecular weight excluding hydrogens is 320 g/mol. The summed E-state index contributed by atoms with van der Waals surface area (Å²) in [5.74, 6) is 1.26. The third-order valence-electron chi connectivity index (χ3n) is 4.01. The van der Waals surface area contributed by atoms with Gasteiger partial charge in [-0.25, -0.2) is 4.79 Å². The number of amides is 3. The number of rotatable bonds is 7. The lowest BCUT2D eigenvalue weighted by atomic mass is 10.1. The Labute approximate surface area is 146 Å². The smallest absolute Gasteiger partial charge is 0.325 e. The van der Waals surface area contributed by atoms with E-state index in [1.165, 1.54) is 4.90 Å². The summed E-state index contributed by atoms with van der Waals surface area (Å²) in [6.45, 7) is 0.740. The molecule has 2 aromatic carbocycles. The summed E-state index contributed by atoms with van der Waals surface area (Å²) in [5.41, 5.74) is 0.790. The first-order valence-electron chi connectivity index (χ1n) is 8.12. The molecule has 6 nitrogen and oxygen atoms in total. The summed E-state index contributed by atoms with van der Waals surface area (Å²) >= 11 is 0. The molecule has 1 saturated heterocycles. The molecule has 6 heteroatoms. The fraction of sp³-hybridized carbons (Fsp3) is 0.263. The number of methoxy groups -OCH3 is 1. The van der Waals surface area contributed by atoms with Crippen LogP contribution >= 0.6 is 0 Å². The number of hydrogen-bond donors (Lipinski definition) is 1. The second-order valence-electron chi connectivity index (χ2n) is 5.66. The van der Waals surface area contributed by atoms with Gasteiger partial charge in [-0.3, -0.25) is 9.69 Å². The van der Waals surface area contributed by atoms with Gasteiger partial charge in [0.1, 0.15) is 17.5 Å². The zero-order valence-corrected chi connectivity index (χ0v) is 14.0. The Kier molecular flexibility index (Phi) is 5.18. The molecule has 2 aromatic rings. The van der Waals surface area contributed by atoms with Crippen LogP contribution in [0, 0.1) is 0 Å². The molecule has 25 heavy (non-hydrogen) atoms. The van der Waals surface area contributed by atoms with Crippen LogP contribution in [-0.4, -0.2) is 37.1 Å². The fourth-order valence-corrected chi connectivity index (χ4v) is 2.69. The summed E-state index contributed by atoms with van der Waals surface area (Å²) in [4.78, 5) is 25.7. The minimum atomic E-state index is -0.601. The molecule has 0 radical (unpaired) electrons. The molecule has 0 bridgehead atoms. The number of nitrogens with one attached hydrogen (secondary N) is 1. The van der Waals surface area contributed by atoms with Gasteiger partial charge < -0.3 is 14.8 Å². The molecule has 1 aliphatic heterocycles. The van der Waals surface area contributed by atoms with Crippen molar-refractivity contribution in [2.45, 2.75) is 12.5 Å². The Morgan fingerprint density at radius 3 is 2.36 bits per heavy atom. The third kappa shape index (κ3) is 3.91. The Morgan fingerprint density at radius 2 is 1.68 bits per heavy atom. The molecule has 3 amide bonds. The minimum absolute atomic E-state index is 0.222. The van der Waals surface area contributed by atoms with Crippen LogP contribution in [0.3, 0.4) is 0 Å². The van der Waals surface area contributed by atoms with Crippen molar-refractivity contribution in [1.82, 2.24) is 10.2 Å². The van der Waals surface area contributed by atoms with Crippen LogP contribution in [0.1, 0.15) is 18.0 Å². The van der Waals surface area contributed by atoms with Gasteiger partial charge >= 0.3 is 6.03 Å². The molecule has 1 fully saturated rings. The molecule has 1 aliphatic rings. The van der Waals surface area contributed by atoms with E-state index in [1.807, 2.05) is 54.6 Å². The van der Waals surface area contributed by atoms with Crippen LogP contribution in [-0.2, 0) is 4.79 Å². The second kappa shape index (κ2) is 7.70. The summed E-state index contributed by atoms with van der Waals surface area (Å²) in [5, 5.41) is 2.72. The van der Waals surface area contributed by atoms with Crippen LogP contribution in [0.15, 0.2) is 54.6 Å². The van der Waals surface area contributed by atoms with E-state index in [-0.39, 0.29) is 11.9 Å². The largest absolute Gasteiger partial charge is 0.497 e. The van der Waals surface area contributed by atoms with Crippen molar-refractivity contribution in [2.75, 3.05) is 20.3 Å². The lowest BCUT2D eigenvalue weighted by Crippen LogP contribution is -2.32. The van der Waals surface area contributed by atoms with E-state index in [2.05, 4.69) is 5.32 Å². The summed E-state index contributed by atoms with van der Waals surface area (Å²) in [6.07, 6.45) is 0.562. The molecule has 1 unspecified atom stereocenters. The molecule has 130 valence electrons. The van der Waals surface area contributed by atoms with Gasteiger partial charge in [0.05, 0.1) is 13.7 Å². The van der Waals surface area contributed by atoms with E-state index >= 15 is 0 Å². The van der Waals surface area contributed by atoms with Gasteiger partial charge in [0.2, 0.25) is 0 Å². The van der Waals surface area contributed by atoms with Crippen molar-refractivity contribution < 1.29 is 19.1 Å². The van der Waals surface area contributed by atoms with Gasteiger partial charge in [-0.05, 0) is 36.2 Å². The van der Waals surface area contributed by atoms with Gasteiger partial charge in [0.25, 0.3) is 5.91 Å². The van der Waals surface area contributed by atoms with Gasteiger partial charge in [0.15, 0.2) is 0 Å². The number of hydrogen-bond acceptors (Lipinski definition) is 4. The van der Waals surface area contributed by atoms with Crippen molar-refractivity contribution in [3.8, 4) is 11.5 Å². The molecule has 0 aromatic heterocycles. The first kappa shape index (κ1) is 16.8. The Morgan fingerprint density at radius 1 is 1.00 bits per heavy atom. The fourth-order valence-electron chi connectivity index (χ4n) is 2.69. The molecule has 3 rings (SSSR count). The van der Waals surface area contributed by atoms with E-state index in [4.69, 9.17) is 9.47 Å². The molecule has 1 heterocycles. The second-order valence-corrected chi connectivity index (χ2v) is 5.66. The number of carbonyl (C=O) groups is 2. The zero-order valence-electron chi connectivity index (χ0n) is 14.0. The standard InChI is InChI=1S/C19H20N2O4/c1-24-15-8-10-16(11-9-15)25-13-5-12-21-18(22)17(20-19(21)23)14-6-3-2-4-7-14/h2-4,6-11,17H,5,12-13H2,1H3,(H,20,23). The van der Waals surface area contributed by atoms with Crippen molar-refractivity contribution in [3.63, 3.8) is 0 Å². The minimum Gasteiger partial charge on any atom is -0.497 e. The summed E-state index contributed by atoms with van der Waals surface area (Å²) in [7, 11) is 1.61. The zero-order chi connectivity index (χ0) is 17.6. The number of ether oxygens (including phenoxy) is 2. The van der Waals surface area contributed by atoms with Gasteiger partial charge in [0, 0.05) is 6.54 Å². The van der Waals surface area contributed by atoms with E-state index in [0.717, 1.165) is 17.1 Å². The Balaban J connectivity index is 1.49.